The summed E-state index contributed by atoms with van der Waals surface area (Å²) in [6, 6.07) is -0.748. The minimum absolute atomic E-state index is 0.151. The molecule has 0 aliphatic carbocycles. The average Bonchev–Trinajstić information content (AvgIpc) is 2.29. The van der Waals surface area contributed by atoms with E-state index in [1.807, 2.05) is 5.48 Å². The predicted octanol–water partition coefficient (Wildman–Crippen LogP) is 0.566. The molecule has 11 heteroatoms. The molecule has 19 heavy (non-hydrogen) atoms. The molecule has 0 aromatic heterocycles. The van der Waals surface area contributed by atoms with Crippen molar-refractivity contribution in [1.29, 1.82) is 0 Å². The molecular formula is C8H17N4O6P. The summed E-state index contributed by atoms with van der Waals surface area (Å²) < 4.78 is 9.25. The third-order valence-corrected chi connectivity index (χ3v) is 2.60. The van der Waals surface area contributed by atoms with Gasteiger partial charge >= 0.3 is 18.2 Å². The van der Waals surface area contributed by atoms with E-state index < -0.39 is 26.6 Å². The molecule has 0 aromatic rings. The maximum Gasteiger partial charge on any atom is 0.413 e. The van der Waals surface area contributed by atoms with Crippen LogP contribution in [-0.4, -0.2) is 38.5 Å². The Kier molecular flexibility index (Phi) is 9.19. The molecule has 110 valence electrons. The minimum atomic E-state index is -1.90. The molecule has 0 saturated heterocycles. The van der Waals surface area contributed by atoms with Gasteiger partial charge in [-0.1, -0.05) is 0 Å². The topological polar surface area (TPSA) is 127 Å². The molecule has 0 aliphatic rings. The fourth-order valence-corrected chi connectivity index (χ4v) is 1.72. The van der Waals surface area contributed by atoms with Crippen molar-refractivity contribution in [1.82, 2.24) is 20.7 Å². The van der Waals surface area contributed by atoms with E-state index in [0.29, 0.717) is 0 Å². The highest BCUT2D eigenvalue weighted by atomic mass is 31.1. The first-order valence-electron chi connectivity index (χ1n) is 5.30. The molecule has 0 atom stereocenters. The van der Waals surface area contributed by atoms with Crippen molar-refractivity contribution in [3.8, 4) is 0 Å². The largest absolute Gasteiger partial charge is 0.450 e. The summed E-state index contributed by atoms with van der Waals surface area (Å²) in [5.74, 6) is 0. The Morgan fingerprint density at radius 3 is 1.79 bits per heavy atom. The van der Waals surface area contributed by atoms with Crippen LogP contribution in [0.5, 0.6) is 0 Å². The molecule has 0 heterocycles. The molecule has 0 aliphatic heterocycles. The number of nitrogens with one attached hydrogen (secondary N) is 4. The second kappa shape index (κ2) is 10.2. The molecule has 0 radical (unpaired) electrons. The number of hydrogen-bond donors (Lipinski definition) is 4. The van der Waals surface area contributed by atoms with Gasteiger partial charge in [0.2, 0.25) is 8.37 Å². The van der Waals surface area contributed by atoms with Gasteiger partial charge < -0.3 is 9.47 Å². The number of urea groups is 1. The van der Waals surface area contributed by atoms with E-state index in [2.05, 4.69) is 29.6 Å². The van der Waals surface area contributed by atoms with Gasteiger partial charge in [-0.25, -0.2) is 19.9 Å². The van der Waals surface area contributed by atoms with Crippen molar-refractivity contribution < 1.29 is 28.7 Å². The Morgan fingerprint density at radius 1 is 0.947 bits per heavy atom. The fourth-order valence-electron chi connectivity index (χ4n) is 0.810. The van der Waals surface area contributed by atoms with Crippen LogP contribution in [0.3, 0.4) is 0 Å². The lowest BCUT2D eigenvalue weighted by Crippen LogP contribution is -2.41. The van der Waals surface area contributed by atoms with Gasteiger partial charge in [0.05, 0.1) is 20.3 Å². The lowest BCUT2D eigenvalue weighted by atomic mass is 10.9. The number of hydroxylamine groups is 1. The van der Waals surface area contributed by atoms with Crippen LogP contribution in [-0.2, 0) is 14.3 Å². The molecule has 0 unspecified atom stereocenters. The number of amides is 4. The number of carbonyl (C=O) groups is 3. The van der Waals surface area contributed by atoms with E-state index in [9.17, 15) is 14.4 Å². The molecule has 0 spiro atoms. The van der Waals surface area contributed by atoms with Gasteiger partial charge in [0.25, 0.3) is 0 Å². The average molecular weight is 296 g/mol. The van der Waals surface area contributed by atoms with Gasteiger partial charge in [0.1, 0.15) is 0 Å². The van der Waals surface area contributed by atoms with Crippen LogP contribution in [0, 0.1) is 0 Å². The summed E-state index contributed by atoms with van der Waals surface area (Å²) in [5.41, 5.74) is 1.97. The molecule has 0 rings (SSSR count). The van der Waals surface area contributed by atoms with Crippen LogP contribution in [0.1, 0.15) is 13.8 Å². The van der Waals surface area contributed by atoms with Gasteiger partial charge in [-0.05, 0) is 13.8 Å². The molecular weight excluding hydrogens is 279 g/mol. The van der Waals surface area contributed by atoms with E-state index in [-0.39, 0.29) is 13.2 Å². The first kappa shape index (κ1) is 17.2. The van der Waals surface area contributed by atoms with Crippen LogP contribution in [0.2, 0.25) is 0 Å². The Balaban J connectivity index is 4.40. The van der Waals surface area contributed by atoms with E-state index in [1.165, 1.54) is 7.11 Å². The molecule has 0 aromatic carbocycles. The summed E-state index contributed by atoms with van der Waals surface area (Å²) in [6.45, 7) is 3.54. The molecule has 0 fully saturated rings. The molecule has 10 nitrogen and oxygen atoms in total. The Bertz CT molecular complexity index is 268. The molecule has 4 N–H and O–H groups in total. The van der Waals surface area contributed by atoms with E-state index in [1.54, 1.807) is 13.8 Å². The van der Waals surface area contributed by atoms with Gasteiger partial charge in [0.15, 0.2) is 0 Å². The predicted molar refractivity (Wildman–Crippen MR) is 65.9 cm³/mol. The van der Waals surface area contributed by atoms with E-state index >= 15 is 0 Å². The number of ether oxygens (including phenoxy) is 2. The summed E-state index contributed by atoms with van der Waals surface area (Å²) in [4.78, 5) is 38.0. The maximum atomic E-state index is 11.2. The first-order valence-corrected chi connectivity index (χ1v) is 6.64. The Hall–Kier alpha value is -1.80. The van der Waals surface area contributed by atoms with Crippen LogP contribution in [0.25, 0.3) is 0 Å². The highest BCUT2D eigenvalue weighted by Gasteiger charge is 2.19. The van der Waals surface area contributed by atoms with Crippen LogP contribution < -0.4 is 20.7 Å². The Morgan fingerprint density at radius 2 is 1.42 bits per heavy atom. The zero-order valence-electron chi connectivity index (χ0n) is 10.8. The number of carbonyl (C=O) groups excluding carboxylic acids is 3. The van der Waals surface area contributed by atoms with Crippen LogP contribution >= 0.6 is 8.37 Å². The van der Waals surface area contributed by atoms with Crippen molar-refractivity contribution >= 4 is 26.6 Å². The normalized spacial score (nSPS) is 9.47. The quantitative estimate of drug-likeness (QED) is 0.419. The number of hydrogen-bond acceptors (Lipinski definition) is 6. The van der Waals surface area contributed by atoms with Crippen molar-refractivity contribution in [2.24, 2.45) is 0 Å². The third kappa shape index (κ3) is 8.86. The highest BCUT2D eigenvalue weighted by Crippen LogP contribution is 2.19. The molecule has 0 bridgehead atoms. The zero-order chi connectivity index (χ0) is 14.7. The molecule has 0 saturated carbocycles. The minimum Gasteiger partial charge on any atom is -0.450 e. The van der Waals surface area contributed by atoms with Crippen LogP contribution in [0.4, 0.5) is 14.4 Å². The first-order chi connectivity index (χ1) is 9.03. The van der Waals surface area contributed by atoms with Gasteiger partial charge in [-0.15, -0.1) is 0 Å². The second-order valence-electron chi connectivity index (χ2n) is 2.75. The fraction of sp³-hybridized carbons (Fsp3) is 0.625. The molecule has 4 amide bonds. The smallest absolute Gasteiger partial charge is 0.413 e. The van der Waals surface area contributed by atoms with E-state index in [0.717, 1.165) is 0 Å². The van der Waals surface area contributed by atoms with Crippen molar-refractivity contribution in [2.75, 3.05) is 20.3 Å². The number of rotatable bonds is 6. The monoisotopic (exact) mass is 296 g/mol. The summed E-state index contributed by atoms with van der Waals surface area (Å²) in [6.07, 6.45) is -1.58. The SMILES string of the molecule is CCOC(=O)NP(NC(=O)NOC)NC(=O)OCC. The summed E-state index contributed by atoms with van der Waals surface area (Å²) in [7, 11) is -0.669. The Labute approximate surface area is 111 Å². The van der Waals surface area contributed by atoms with Crippen molar-refractivity contribution in [2.45, 2.75) is 13.8 Å². The summed E-state index contributed by atoms with van der Waals surface area (Å²) >= 11 is 0. The lowest BCUT2D eigenvalue weighted by molar-refractivity contribution is 0.110. The van der Waals surface area contributed by atoms with Gasteiger partial charge in [-0.2, -0.15) is 0 Å². The standard InChI is InChI=1S/C8H17N4O6P/c1-4-17-7(14)11-19(10-6(13)9-16-3)12-8(15)18-5-2/h4-5H2,1-3H3,(H,11,14)(H,12,15)(H2,9,10,13). The lowest BCUT2D eigenvalue weighted by Gasteiger charge is -2.19. The summed E-state index contributed by atoms with van der Waals surface area (Å²) in [5, 5.41) is 6.78. The van der Waals surface area contributed by atoms with E-state index in [4.69, 9.17) is 0 Å². The van der Waals surface area contributed by atoms with Crippen molar-refractivity contribution in [3.05, 3.63) is 0 Å². The van der Waals surface area contributed by atoms with Crippen molar-refractivity contribution in [3.63, 3.8) is 0 Å². The highest BCUT2D eigenvalue weighted by molar-refractivity contribution is 7.53. The second-order valence-corrected chi connectivity index (χ2v) is 4.09. The van der Waals surface area contributed by atoms with Gasteiger partial charge in [0, 0.05) is 0 Å². The maximum absolute atomic E-state index is 11.2. The zero-order valence-corrected chi connectivity index (χ0v) is 11.7. The van der Waals surface area contributed by atoms with Crippen LogP contribution in [0.15, 0.2) is 0 Å². The third-order valence-electron chi connectivity index (χ3n) is 1.37. The van der Waals surface area contributed by atoms with Gasteiger partial charge in [-0.3, -0.25) is 20.1 Å².